The fourth-order valence-electron chi connectivity index (χ4n) is 8.39. The molecule has 2 heteroatoms. The second-order valence-electron chi connectivity index (χ2n) is 13.2. The maximum atomic E-state index is 6.48. The quantitative estimate of drug-likeness (QED) is 0.178. The Morgan fingerprint density at radius 2 is 0.872 bits per heavy atom. The summed E-state index contributed by atoms with van der Waals surface area (Å²) in [5.74, 6) is 2.54. The largest absolute Gasteiger partial charge is 0.497 e. The van der Waals surface area contributed by atoms with Crippen LogP contribution in [0.4, 0.5) is 0 Å². The van der Waals surface area contributed by atoms with Crippen LogP contribution in [-0.4, -0.2) is 7.11 Å². The van der Waals surface area contributed by atoms with E-state index >= 15 is 0 Å². The molecular weight excluding hydrogens is 572 g/mol. The van der Waals surface area contributed by atoms with Gasteiger partial charge in [-0.2, -0.15) is 0 Å². The normalized spacial score (nSPS) is 15.8. The molecule has 232 valence electrons. The highest BCUT2D eigenvalue weighted by Gasteiger charge is 2.46. The Labute approximate surface area is 278 Å². The van der Waals surface area contributed by atoms with Crippen LogP contribution >= 0.6 is 0 Å². The van der Waals surface area contributed by atoms with Gasteiger partial charge in [0.25, 0.3) is 0 Å². The lowest BCUT2D eigenvalue weighted by atomic mass is 9.65. The Morgan fingerprint density at radius 1 is 0.447 bits per heavy atom. The first-order valence-corrected chi connectivity index (χ1v) is 16.9. The van der Waals surface area contributed by atoms with Crippen LogP contribution in [0.15, 0.2) is 146 Å². The Bertz CT molecular complexity index is 1950. The van der Waals surface area contributed by atoms with Gasteiger partial charge < -0.3 is 9.47 Å². The van der Waals surface area contributed by atoms with Crippen LogP contribution in [0.5, 0.6) is 17.2 Å². The van der Waals surface area contributed by atoms with E-state index in [1.807, 2.05) is 0 Å². The van der Waals surface area contributed by atoms with E-state index in [4.69, 9.17) is 9.47 Å². The van der Waals surface area contributed by atoms with Crippen LogP contribution in [0.25, 0.3) is 11.1 Å². The number of ether oxygens (including phenoxy) is 2. The predicted molar refractivity (Wildman–Crippen MR) is 192 cm³/mol. The molecule has 0 bridgehead atoms. The van der Waals surface area contributed by atoms with Crippen molar-refractivity contribution in [2.24, 2.45) is 0 Å². The van der Waals surface area contributed by atoms with Crippen molar-refractivity contribution >= 4 is 0 Å². The zero-order valence-corrected chi connectivity index (χ0v) is 27.2. The Hall–Kier alpha value is -5.08. The van der Waals surface area contributed by atoms with Gasteiger partial charge in [-0.05, 0) is 101 Å². The minimum absolute atomic E-state index is 0.0791. The molecule has 2 aliphatic rings. The molecule has 2 nitrogen and oxygen atoms in total. The van der Waals surface area contributed by atoms with Crippen molar-refractivity contribution in [3.8, 4) is 28.4 Å². The lowest BCUT2D eigenvalue weighted by molar-refractivity contribution is 0.345. The van der Waals surface area contributed by atoms with Gasteiger partial charge in [-0.1, -0.05) is 134 Å². The van der Waals surface area contributed by atoms with Crippen molar-refractivity contribution in [2.75, 3.05) is 7.11 Å². The summed E-state index contributed by atoms with van der Waals surface area (Å²) in [6, 6.07) is 53.0. The zero-order chi connectivity index (χ0) is 31.8. The first-order valence-electron chi connectivity index (χ1n) is 16.9. The highest BCUT2D eigenvalue weighted by atomic mass is 16.5. The first kappa shape index (κ1) is 29.3. The highest BCUT2D eigenvalue weighted by molar-refractivity contribution is 5.86. The molecule has 6 aromatic rings. The summed E-state index contributed by atoms with van der Waals surface area (Å²) in [5, 5.41) is 0. The van der Waals surface area contributed by atoms with Crippen molar-refractivity contribution in [1.29, 1.82) is 0 Å². The average Bonchev–Trinajstić information content (AvgIpc) is 3.44. The summed E-state index contributed by atoms with van der Waals surface area (Å²) < 4.78 is 12.0. The van der Waals surface area contributed by atoms with Crippen LogP contribution in [0.1, 0.15) is 71.0 Å². The SMILES string of the molecule is COc1ccc(C2(c3ccc(Oc4ccc(C5(c6ccc(C)cc6)CCCCC5)cc4)cc3)c3ccccc3-c3ccccc32)cc1. The van der Waals surface area contributed by atoms with E-state index in [1.165, 1.54) is 82.2 Å². The molecule has 0 radical (unpaired) electrons. The minimum atomic E-state index is -0.454. The van der Waals surface area contributed by atoms with Crippen LogP contribution < -0.4 is 9.47 Å². The number of aryl methyl sites for hydroxylation is 1. The molecule has 47 heavy (non-hydrogen) atoms. The van der Waals surface area contributed by atoms with E-state index < -0.39 is 5.41 Å². The molecule has 0 saturated heterocycles. The predicted octanol–water partition coefficient (Wildman–Crippen LogP) is 11.4. The third-order valence-corrected chi connectivity index (χ3v) is 10.7. The smallest absolute Gasteiger partial charge is 0.127 e. The summed E-state index contributed by atoms with van der Waals surface area (Å²) in [6.07, 6.45) is 6.25. The van der Waals surface area contributed by atoms with Crippen LogP contribution in [0.3, 0.4) is 0 Å². The van der Waals surface area contributed by atoms with Gasteiger partial charge >= 0.3 is 0 Å². The fourth-order valence-corrected chi connectivity index (χ4v) is 8.39. The van der Waals surface area contributed by atoms with E-state index in [9.17, 15) is 0 Å². The first-order chi connectivity index (χ1) is 23.1. The fraction of sp³-hybridized carbons (Fsp3) is 0.200. The van der Waals surface area contributed by atoms with Crippen molar-refractivity contribution in [3.63, 3.8) is 0 Å². The molecule has 6 aromatic carbocycles. The molecule has 0 spiro atoms. The van der Waals surface area contributed by atoms with Crippen LogP contribution in [0.2, 0.25) is 0 Å². The number of rotatable bonds is 7. The number of benzene rings is 6. The maximum absolute atomic E-state index is 6.48. The second-order valence-corrected chi connectivity index (χ2v) is 13.2. The van der Waals surface area contributed by atoms with Crippen molar-refractivity contribution in [3.05, 3.63) is 185 Å². The standard InChI is InChI=1S/C45H40O2/c1-32-14-16-33(17-15-32)44(30-8-3-9-31-44)34-18-26-38(27-19-34)47-39-28-22-36(23-29-39)45(35-20-24-37(46-2)25-21-35)42-12-6-4-10-40(42)41-11-5-7-13-43(41)45/h4-7,10-29H,3,8-9,30-31H2,1-2H3. The summed E-state index contributed by atoms with van der Waals surface area (Å²) >= 11 is 0. The molecule has 1 saturated carbocycles. The Balaban J connectivity index is 1.14. The molecule has 1 fully saturated rings. The second kappa shape index (κ2) is 11.9. The van der Waals surface area contributed by atoms with Gasteiger partial charge in [-0.15, -0.1) is 0 Å². The third-order valence-electron chi connectivity index (χ3n) is 10.7. The Morgan fingerprint density at radius 3 is 1.36 bits per heavy atom. The lowest BCUT2D eigenvalue weighted by Crippen LogP contribution is -2.30. The summed E-state index contributed by atoms with van der Waals surface area (Å²) in [7, 11) is 1.72. The van der Waals surface area contributed by atoms with Gasteiger partial charge in [0.15, 0.2) is 0 Å². The molecule has 8 rings (SSSR count). The van der Waals surface area contributed by atoms with Crippen molar-refractivity contribution < 1.29 is 9.47 Å². The lowest BCUT2D eigenvalue weighted by Gasteiger charge is -2.38. The van der Waals surface area contributed by atoms with Crippen LogP contribution in [0, 0.1) is 6.92 Å². The topological polar surface area (TPSA) is 18.5 Å². The van der Waals surface area contributed by atoms with Gasteiger partial charge in [0, 0.05) is 5.41 Å². The monoisotopic (exact) mass is 612 g/mol. The molecule has 0 atom stereocenters. The average molecular weight is 613 g/mol. The third kappa shape index (κ3) is 4.86. The summed E-state index contributed by atoms with van der Waals surface area (Å²) in [5.41, 5.74) is 11.3. The van der Waals surface area contributed by atoms with Gasteiger partial charge in [0.1, 0.15) is 17.2 Å². The molecule has 2 aliphatic carbocycles. The van der Waals surface area contributed by atoms with E-state index in [1.54, 1.807) is 7.11 Å². The van der Waals surface area contributed by atoms with Crippen molar-refractivity contribution in [1.82, 2.24) is 0 Å². The number of hydrogen-bond acceptors (Lipinski definition) is 2. The van der Waals surface area contributed by atoms with E-state index in [2.05, 4.69) is 153 Å². The van der Waals surface area contributed by atoms with E-state index in [0.29, 0.717) is 0 Å². The molecule has 0 N–H and O–H groups in total. The minimum Gasteiger partial charge on any atom is -0.497 e. The molecule has 0 aromatic heterocycles. The van der Waals surface area contributed by atoms with Gasteiger partial charge in [0.05, 0.1) is 12.5 Å². The molecule has 0 amide bonds. The maximum Gasteiger partial charge on any atom is 0.127 e. The summed E-state index contributed by atoms with van der Waals surface area (Å²) in [6.45, 7) is 2.17. The van der Waals surface area contributed by atoms with Crippen LogP contribution in [-0.2, 0) is 10.8 Å². The Kier molecular flexibility index (Phi) is 7.45. The van der Waals surface area contributed by atoms with Gasteiger partial charge in [0.2, 0.25) is 0 Å². The number of methoxy groups -OCH3 is 1. The van der Waals surface area contributed by atoms with Gasteiger partial charge in [-0.3, -0.25) is 0 Å². The zero-order valence-electron chi connectivity index (χ0n) is 27.2. The molecule has 0 unspecified atom stereocenters. The van der Waals surface area contributed by atoms with Crippen molar-refractivity contribution in [2.45, 2.75) is 49.9 Å². The van der Waals surface area contributed by atoms with E-state index in [0.717, 1.165) is 17.2 Å². The number of hydrogen-bond donors (Lipinski definition) is 0. The molecule has 0 heterocycles. The molecular formula is C45H40O2. The molecule has 0 aliphatic heterocycles. The summed E-state index contributed by atoms with van der Waals surface area (Å²) in [4.78, 5) is 0. The highest BCUT2D eigenvalue weighted by Crippen LogP contribution is 2.56. The number of fused-ring (bicyclic) bond motifs is 3. The van der Waals surface area contributed by atoms with E-state index in [-0.39, 0.29) is 5.41 Å². The van der Waals surface area contributed by atoms with Gasteiger partial charge in [-0.25, -0.2) is 0 Å².